The minimum absolute atomic E-state index is 0.0118. The first kappa shape index (κ1) is 20.0. The minimum Gasteiger partial charge on any atom is -0.496 e. The first-order valence-corrected chi connectivity index (χ1v) is 9.22. The van der Waals surface area contributed by atoms with Crippen LogP contribution in [0.2, 0.25) is 0 Å². The Morgan fingerprint density at radius 1 is 0.935 bits per heavy atom. The third-order valence-electron chi connectivity index (χ3n) is 5.01. The predicted molar refractivity (Wildman–Crippen MR) is 109 cm³/mol. The lowest BCUT2D eigenvalue weighted by molar-refractivity contribution is -0.385. The van der Waals surface area contributed by atoms with Gasteiger partial charge in [-0.25, -0.2) is 4.79 Å². The summed E-state index contributed by atoms with van der Waals surface area (Å²) in [5.74, 6) is -1.30. The molecule has 0 saturated heterocycles. The van der Waals surface area contributed by atoms with Crippen LogP contribution in [0.1, 0.15) is 47.8 Å². The van der Waals surface area contributed by atoms with Gasteiger partial charge in [-0.3, -0.25) is 19.7 Å². The van der Waals surface area contributed by atoms with Gasteiger partial charge >= 0.3 is 5.97 Å². The van der Waals surface area contributed by atoms with E-state index in [-0.39, 0.29) is 45.9 Å². The third kappa shape index (κ3) is 3.44. The van der Waals surface area contributed by atoms with Crippen LogP contribution >= 0.6 is 0 Å². The second kappa shape index (κ2) is 7.83. The summed E-state index contributed by atoms with van der Waals surface area (Å²) in [6.07, 6.45) is 0. The van der Waals surface area contributed by atoms with E-state index in [9.17, 15) is 24.5 Å². The van der Waals surface area contributed by atoms with Crippen molar-refractivity contribution in [2.24, 2.45) is 0 Å². The van der Waals surface area contributed by atoms with E-state index in [0.717, 1.165) is 0 Å². The number of nitro groups is 1. The standard InChI is InChI=1S/C23H15NO7/c1-30-19-10-9-14(24(28)29)11-13(19)12-31-23(27)18-8-4-7-17-20(18)22(26)16-6-3-2-5-15(16)21(17)25/h2-11H,12H2,1H3. The minimum atomic E-state index is -0.828. The molecule has 0 bridgehead atoms. The smallest absolute Gasteiger partial charge is 0.339 e. The summed E-state index contributed by atoms with van der Waals surface area (Å²) in [5.41, 5.74) is 0.694. The van der Waals surface area contributed by atoms with Crippen LogP contribution in [-0.4, -0.2) is 29.6 Å². The number of carbonyl (C=O) groups is 3. The fourth-order valence-electron chi connectivity index (χ4n) is 3.53. The summed E-state index contributed by atoms with van der Waals surface area (Å²) >= 11 is 0. The Bertz CT molecular complexity index is 1260. The molecule has 0 amide bonds. The van der Waals surface area contributed by atoms with Crippen molar-refractivity contribution in [1.29, 1.82) is 0 Å². The van der Waals surface area contributed by atoms with Gasteiger partial charge in [-0.05, 0) is 12.1 Å². The molecule has 0 atom stereocenters. The number of carbonyl (C=O) groups excluding carboxylic acids is 3. The number of hydrogen-bond donors (Lipinski definition) is 0. The van der Waals surface area contributed by atoms with E-state index in [1.165, 1.54) is 49.6 Å². The highest BCUT2D eigenvalue weighted by molar-refractivity contribution is 6.30. The van der Waals surface area contributed by atoms with Gasteiger partial charge in [0, 0.05) is 39.9 Å². The van der Waals surface area contributed by atoms with Gasteiger partial charge in [0.05, 0.1) is 17.6 Å². The molecule has 0 radical (unpaired) electrons. The average Bonchev–Trinajstić information content (AvgIpc) is 2.80. The Labute approximate surface area is 176 Å². The highest BCUT2D eigenvalue weighted by Crippen LogP contribution is 2.30. The van der Waals surface area contributed by atoms with E-state index >= 15 is 0 Å². The fraction of sp³-hybridized carbons (Fsp3) is 0.0870. The van der Waals surface area contributed by atoms with Crippen molar-refractivity contribution in [2.75, 3.05) is 7.11 Å². The lowest BCUT2D eigenvalue weighted by Gasteiger charge is -2.19. The number of esters is 1. The van der Waals surface area contributed by atoms with Gasteiger partial charge < -0.3 is 9.47 Å². The largest absolute Gasteiger partial charge is 0.496 e. The van der Waals surface area contributed by atoms with E-state index in [1.54, 1.807) is 18.2 Å². The van der Waals surface area contributed by atoms with Crippen LogP contribution in [0.3, 0.4) is 0 Å². The molecule has 31 heavy (non-hydrogen) atoms. The van der Waals surface area contributed by atoms with Crippen molar-refractivity contribution >= 4 is 23.2 Å². The number of nitrogens with zero attached hydrogens (tertiary/aromatic N) is 1. The van der Waals surface area contributed by atoms with E-state index in [0.29, 0.717) is 11.3 Å². The zero-order valence-corrected chi connectivity index (χ0v) is 16.3. The normalized spacial score (nSPS) is 12.0. The van der Waals surface area contributed by atoms with Crippen molar-refractivity contribution in [1.82, 2.24) is 0 Å². The van der Waals surface area contributed by atoms with Crippen LogP contribution < -0.4 is 4.74 Å². The molecule has 0 fully saturated rings. The maximum Gasteiger partial charge on any atom is 0.339 e. The quantitative estimate of drug-likeness (QED) is 0.276. The second-order valence-corrected chi connectivity index (χ2v) is 6.76. The topological polar surface area (TPSA) is 113 Å². The summed E-state index contributed by atoms with van der Waals surface area (Å²) in [6, 6.07) is 14.7. The lowest BCUT2D eigenvalue weighted by Crippen LogP contribution is -2.24. The number of rotatable bonds is 5. The van der Waals surface area contributed by atoms with Crippen molar-refractivity contribution in [3.05, 3.63) is 104 Å². The molecule has 3 aromatic carbocycles. The molecule has 0 aromatic heterocycles. The lowest BCUT2D eigenvalue weighted by atomic mass is 9.82. The number of fused-ring (bicyclic) bond motifs is 2. The molecular weight excluding hydrogens is 402 g/mol. The predicted octanol–water partition coefficient (Wildman–Crippen LogP) is 3.74. The number of non-ortho nitro benzene ring substituents is 1. The number of nitro benzene ring substituents is 1. The number of benzene rings is 3. The molecule has 0 saturated carbocycles. The van der Waals surface area contributed by atoms with Crippen molar-refractivity contribution < 1.29 is 28.8 Å². The monoisotopic (exact) mass is 417 g/mol. The van der Waals surface area contributed by atoms with Crippen LogP contribution in [0.25, 0.3) is 0 Å². The van der Waals surface area contributed by atoms with Gasteiger partial charge in [-0.15, -0.1) is 0 Å². The molecule has 0 heterocycles. The Morgan fingerprint density at radius 3 is 2.29 bits per heavy atom. The Morgan fingerprint density at radius 2 is 1.61 bits per heavy atom. The van der Waals surface area contributed by atoms with Gasteiger partial charge in [-0.1, -0.05) is 36.4 Å². The van der Waals surface area contributed by atoms with Gasteiger partial charge in [-0.2, -0.15) is 0 Å². The molecule has 1 aliphatic rings. The second-order valence-electron chi connectivity index (χ2n) is 6.76. The Balaban J connectivity index is 1.66. The van der Waals surface area contributed by atoms with E-state index in [4.69, 9.17) is 9.47 Å². The van der Waals surface area contributed by atoms with Crippen LogP contribution in [0.5, 0.6) is 5.75 Å². The molecule has 3 aromatic rings. The summed E-state index contributed by atoms with van der Waals surface area (Å²) in [4.78, 5) is 49.1. The third-order valence-corrected chi connectivity index (χ3v) is 5.01. The molecule has 0 spiro atoms. The van der Waals surface area contributed by atoms with Crippen molar-refractivity contribution in [2.45, 2.75) is 6.61 Å². The zero-order chi connectivity index (χ0) is 22.1. The van der Waals surface area contributed by atoms with E-state index < -0.39 is 16.7 Å². The van der Waals surface area contributed by atoms with E-state index in [2.05, 4.69) is 0 Å². The maximum absolute atomic E-state index is 13.0. The highest BCUT2D eigenvalue weighted by Gasteiger charge is 2.33. The van der Waals surface area contributed by atoms with Gasteiger partial charge in [0.15, 0.2) is 11.6 Å². The number of ether oxygens (including phenoxy) is 2. The maximum atomic E-state index is 13.0. The van der Waals surface area contributed by atoms with Gasteiger partial charge in [0.25, 0.3) is 5.69 Å². The zero-order valence-electron chi connectivity index (χ0n) is 16.3. The molecule has 1 aliphatic carbocycles. The Kier molecular flexibility index (Phi) is 5.04. The molecule has 0 aliphatic heterocycles. The summed E-state index contributed by atoms with van der Waals surface area (Å²) < 4.78 is 10.5. The van der Waals surface area contributed by atoms with Crippen molar-refractivity contribution in [3.8, 4) is 5.75 Å². The summed E-state index contributed by atoms with van der Waals surface area (Å²) in [6.45, 7) is -0.313. The first-order valence-electron chi connectivity index (χ1n) is 9.22. The molecule has 8 heteroatoms. The highest BCUT2D eigenvalue weighted by atomic mass is 16.6. The van der Waals surface area contributed by atoms with Gasteiger partial charge in [0.1, 0.15) is 12.4 Å². The Hall–Kier alpha value is -4.33. The van der Waals surface area contributed by atoms with E-state index in [1.807, 2.05) is 0 Å². The molecule has 0 unspecified atom stereocenters. The molecule has 4 rings (SSSR count). The SMILES string of the molecule is COc1ccc([N+](=O)[O-])cc1COC(=O)c1cccc2c1C(=O)c1ccccc1C2=O. The number of methoxy groups -OCH3 is 1. The average molecular weight is 417 g/mol. The molecular formula is C23H15NO7. The van der Waals surface area contributed by atoms with Crippen LogP contribution in [-0.2, 0) is 11.3 Å². The van der Waals surface area contributed by atoms with Crippen LogP contribution in [0.4, 0.5) is 5.69 Å². The molecule has 8 nitrogen and oxygen atoms in total. The summed E-state index contributed by atoms with van der Waals surface area (Å²) in [7, 11) is 1.39. The molecule has 0 N–H and O–H groups in total. The first-order chi connectivity index (χ1) is 14.9. The number of ketones is 2. The van der Waals surface area contributed by atoms with Crippen LogP contribution in [0, 0.1) is 10.1 Å². The molecule has 154 valence electrons. The van der Waals surface area contributed by atoms with Crippen molar-refractivity contribution in [3.63, 3.8) is 0 Å². The number of hydrogen-bond acceptors (Lipinski definition) is 7. The summed E-state index contributed by atoms with van der Waals surface area (Å²) in [5, 5.41) is 11.0. The van der Waals surface area contributed by atoms with Gasteiger partial charge in [0.2, 0.25) is 0 Å². The fourth-order valence-corrected chi connectivity index (χ4v) is 3.53. The van der Waals surface area contributed by atoms with Crippen LogP contribution in [0.15, 0.2) is 60.7 Å².